The maximum absolute atomic E-state index is 5.15. The van der Waals surface area contributed by atoms with Gasteiger partial charge in [0.2, 0.25) is 5.88 Å². The van der Waals surface area contributed by atoms with Crippen LogP contribution in [0.25, 0.3) is 0 Å². The molecule has 0 aliphatic heterocycles. The SMILES string of the molecule is C#CCc1cccnc1OC. The molecule has 0 amide bonds. The van der Waals surface area contributed by atoms with Gasteiger partial charge in [-0.1, -0.05) is 6.07 Å². The van der Waals surface area contributed by atoms with Gasteiger partial charge in [0.15, 0.2) is 0 Å². The number of terminal acetylenes is 1. The molecule has 0 spiro atoms. The van der Waals surface area contributed by atoms with E-state index >= 15 is 0 Å². The van der Waals surface area contributed by atoms with Gasteiger partial charge in [0, 0.05) is 18.2 Å². The van der Waals surface area contributed by atoms with Crippen LogP contribution in [-0.2, 0) is 6.42 Å². The topological polar surface area (TPSA) is 22.1 Å². The molecule has 0 saturated heterocycles. The normalized spacial score (nSPS) is 8.73. The second kappa shape index (κ2) is 3.62. The second-order valence-electron chi connectivity index (χ2n) is 2.05. The largest absolute Gasteiger partial charge is 0.481 e. The van der Waals surface area contributed by atoms with Crippen LogP contribution in [0.15, 0.2) is 18.3 Å². The number of aromatic nitrogens is 1. The first-order valence-corrected chi connectivity index (χ1v) is 3.30. The molecule has 0 atom stereocenters. The van der Waals surface area contributed by atoms with Crippen LogP contribution in [-0.4, -0.2) is 12.1 Å². The summed E-state index contributed by atoms with van der Waals surface area (Å²) < 4.78 is 4.99. The van der Waals surface area contributed by atoms with Crippen LogP contribution in [0.1, 0.15) is 5.56 Å². The molecule has 1 aromatic rings. The van der Waals surface area contributed by atoms with Crippen molar-refractivity contribution in [3.63, 3.8) is 0 Å². The Balaban J connectivity index is 2.94. The molecule has 0 fully saturated rings. The molecule has 11 heavy (non-hydrogen) atoms. The molecule has 0 radical (unpaired) electrons. The van der Waals surface area contributed by atoms with E-state index in [0.29, 0.717) is 12.3 Å². The fraction of sp³-hybridized carbons (Fsp3) is 0.222. The van der Waals surface area contributed by atoms with Crippen molar-refractivity contribution in [3.8, 4) is 18.2 Å². The number of methoxy groups -OCH3 is 1. The molecule has 0 unspecified atom stereocenters. The lowest BCUT2D eigenvalue weighted by atomic mass is 10.2. The van der Waals surface area contributed by atoms with E-state index in [2.05, 4.69) is 10.9 Å². The second-order valence-corrected chi connectivity index (χ2v) is 2.05. The minimum absolute atomic E-state index is 0.566. The maximum Gasteiger partial charge on any atom is 0.217 e. The average molecular weight is 147 g/mol. The molecule has 1 aromatic heterocycles. The average Bonchev–Trinajstić information content (AvgIpc) is 2.06. The zero-order valence-corrected chi connectivity index (χ0v) is 6.37. The highest BCUT2D eigenvalue weighted by Crippen LogP contribution is 2.12. The van der Waals surface area contributed by atoms with Gasteiger partial charge in [-0.05, 0) is 6.07 Å². The summed E-state index contributed by atoms with van der Waals surface area (Å²) in [6.45, 7) is 0. The molecule has 0 saturated carbocycles. The minimum Gasteiger partial charge on any atom is -0.481 e. The quantitative estimate of drug-likeness (QED) is 0.587. The van der Waals surface area contributed by atoms with E-state index in [0.717, 1.165) is 5.56 Å². The molecule has 0 N–H and O–H groups in total. The minimum atomic E-state index is 0.566. The highest BCUT2D eigenvalue weighted by Gasteiger charge is 1.99. The molecule has 0 aliphatic rings. The van der Waals surface area contributed by atoms with E-state index < -0.39 is 0 Å². The summed E-state index contributed by atoms with van der Waals surface area (Å²) in [4.78, 5) is 4.00. The fourth-order valence-electron chi connectivity index (χ4n) is 0.852. The van der Waals surface area contributed by atoms with Gasteiger partial charge in [-0.2, -0.15) is 0 Å². The Hall–Kier alpha value is -1.49. The van der Waals surface area contributed by atoms with Crippen LogP contribution < -0.4 is 4.74 Å². The first-order chi connectivity index (χ1) is 5.38. The van der Waals surface area contributed by atoms with E-state index in [9.17, 15) is 0 Å². The van der Waals surface area contributed by atoms with Crippen molar-refractivity contribution in [2.45, 2.75) is 6.42 Å². The van der Waals surface area contributed by atoms with Crippen LogP contribution in [0.5, 0.6) is 5.88 Å². The van der Waals surface area contributed by atoms with Crippen LogP contribution in [0, 0.1) is 12.3 Å². The third-order valence-electron chi connectivity index (χ3n) is 1.34. The molecular weight excluding hydrogens is 138 g/mol. The fourth-order valence-corrected chi connectivity index (χ4v) is 0.852. The van der Waals surface area contributed by atoms with Crippen molar-refractivity contribution < 1.29 is 4.74 Å². The van der Waals surface area contributed by atoms with Gasteiger partial charge in [0.1, 0.15) is 0 Å². The standard InChI is InChI=1S/C9H9NO/c1-3-5-8-6-4-7-10-9(8)11-2/h1,4,6-7H,5H2,2H3. The number of rotatable bonds is 2. The van der Waals surface area contributed by atoms with Gasteiger partial charge < -0.3 is 4.74 Å². The summed E-state index contributed by atoms with van der Waals surface area (Å²) in [7, 11) is 1.59. The lowest BCUT2D eigenvalue weighted by Gasteiger charge is -2.01. The first kappa shape index (κ1) is 7.62. The third-order valence-corrected chi connectivity index (χ3v) is 1.34. The van der Waals surface area contributed by atoms with E-state index in [-0.39, 0.29) is 0 Å². The summed E-state index contributed by atoms with van der Waals surface area (Å²) in [5.74, 6) is 3.15. The van der Waals surface area contributed by atoms with E-state index in [1.807, 2.05) is 12.1 Å². The number of ether oxygens (including phenoxy) is 1. The Bertz CT molecular complexity index is 275. The van der Waals surface area contributed by atoms with Crippen molar-refractivity contribution in [2.24, 2.45) is 0 Å². The Morgan fingerprint density at radius 2 is 2.55 bits per heavy atom. The van der Waals surface area contributed by atoms with Gasteiger partial charge in [0.05, 0.1) is 7.11 Å². The maximum atomic E-state index is 5.15. The lowest BCUT2D eigenvalue weighted by Crippen LogP contribution is -1.92. The van der Waals surface area contributed by atoms with Crippen LogP contribution in [0.3, 0.4) is 0 Å². The zero-order chi connectivity index (χ0) is 8.10. The van der Waals surface area contributed by atoms with Gasteiger partial charge in [0.25, 0.3) is 0 Å². The Morgan fingerprint density at radius 3 is 3.18 bits per heavy atom. The van der Waals surface area contributed by atoms with E-state index in [1.54, 1.807) is 13.3 Å². The summed E-state index contributed by atoms with van der Waals surface area (Å²) >= 11 is 0. The third kappa shape index (κ3) is 1.71. The molecule has 0 bridgehead atoms. The Kier molecular flexibility index (Phi) is 2.51. The van der Waals surface area contributed by atoms with Gasteiger partial charge in [-0.15, -0.1) is 12.3 Å². The molecule has 1 heterocycles. The van der Waals surface area contributed by atoms with E-state index in [1.165, 1.54) is 0 Å². The summed E-state index contributed by atoms with van der Waals surface area (Å²) in [6, 6.07) is 3.75. The predicted octanol–water partition coefficient (Wildman–Crippen LogP) is 1.27. The van der Waals surface area contributed by atoms with Crippen LogP contribution in [0.4, 0.5) is 0 Å². The van der Waals surface area contributed by atoms with Crippen LogP contribution in [0.2, 0.25) is 0 Å². The van der Waals surface area contributed by atoms with Crippen molar-refractivity contribution in [1.29, 1.82) is 0 Å². The zero-order valence-electron chi connectivity index (χ0n) is 6.37. The molecular formula is C9H9NO. The number of hydrogen-bond acceptors (Lipinski definition) is 2. The molecule has 2 heteroatoms. The van der Waals surface area contributed by atoms with Crippen molar-refractivity contribution >= 4 is 0 Å². The highest BCUT2D eigenvalue weighted by atomic mass is 16.5. The lowest BCUT2D eigenvalue weighted by molar-refractivity contribution is 0.394. The van der Waals surface area contributed by atoms with Gasteiger partial charge in [-0.3, -0.25) is 0 Å². The molecule has 2 nitrogen and oxygen atoms in total. The van der Waals surface area contributed by atoms with Gasteiger partial charge >= 0.3 is 0 Å². The smallest absolute Gasteiger partial charge is 0.217 e. The number of pyridine rings is 1. The molecule has 0 aliphatic carbocycles. The van der Waals surface area contributed by atoms with Crippen molar-refractivity contribution in [3.05, 3.63) is 23.9 Å². The van der Waals surface area contributed by atoms with Crippen molar-refractivity contribution in [1.82, 2.24) is 4.98 Å². The number of nitrogens with zero attached hydrogens (tertiary/aromatic N) is 1. The summed E-state index contributed by atoms with van der Waals surface area (Å²) in [6.07, 6.45) is 7.40. The molecule has 0 aromatic carbocycles. The Labute approximate surface area is 66.2 Å². The summed E-state index contributed by atoms with van der Waals surface area (Å²) in [5, 5.41) is 0. The monoisotopic (exact) mass is 147 g/mol. The molecule has 1 rings (SSSR count). The number of hydrogen-bond donors (Lipinski definition) is 0. The first-order valence-electron chi connectivity index (χ1n) is 3.30. The Morgan fingerprint density at radius 1 is 1.73 bits per heavy atom. The van der Waals surface area contributed by atoms with E-state index in [4.69, 9.17) is 11.2 Å². The molecule has 56 valence electrons. The summed E-state index contributed by atoms with van der Waals surface area (Å²) in [5.41, 5.74) is 0.956. The highest BCUT2D eigenvalue weighted by molar-refractivity contribution is 5.28. The van der Waals surface area contributed by atoms with Gasteiger partial charge in [-0.25, -0.2) is 4.98 Å². The predicted molar refractivity (Wildman–Crippen MR) is 43.3 cm³/mol. The van der Waals surface area contributed by atoms with Crippen molar-refractivity contribution in [2.75, 3.05) is 7.11 Å². The van der Waals surface area contributed by atoms with Crippen LogP contribution >= 0.6 is 0 Å².